The molecular formula is C16H19N5O3. The number of carbonyl (C=O) groups is 2. The van der Waals surface area contributed by atoms with Gasteiger partial charge in [-0.1, -0.05) is 6.07 Å². The van der Waals surface area contributed by atoms with Crippen molar-refractivity contribution >= 4 is 17.8 Å². The minimum Gasteiger partial charge on any atom is -0.447 e. The average molecular weight is 329 g/mol. The number of imidazole rings is 1. The van der Waals surface area contributed by atoms with Crippen LogP contribution in [0.2, 0.25) is 0 Å². The number of aryl methyl sites for hydroxylation is 1. The van der Waals surface area contributed by atoms with Crippen molar-refractivity contribution in [1.29, 1.82) is 0 Å². The molecule has 8 heteroatoms. The van der Waals surface area contributed by atoms with Crippen LogP contribution in [0, 0.1) is 6.92 Å². The van der Waals surface area contributed by atoms with E-state index >= 15 is 0 Å². The molecule has 1 N–H and O–H groups in total. The third kappa shape index (κ3) is 2.64. The van der Waals surface area contributed by atoms with Crippen LogP contribution in [-0.4, -0.2) is 63.6 Å². The third-order valence-electron chi connectivity index (χ3n) is 4.47. The van der Waals surface area contributed by atoms with Gasteiger partial charge in [0, 0.05) is 32.0 Å². The molecule has 2 aromatic rings. The number of ether oxygens (including phenoxy) is 1. The van der Waals surface area contributed by atoms with Crippen LogP contribution in [0.1, 0.15) is 11.3 Å². The predicted octanol–water partition coefficient (Wildman–Crippen LogP) is 0.989. The number of nitrogens with zero attached hydrogens (tertiary/aromatic N) is 4. The Hall–Kier alpha value is -2.77. The summed E-state index contributed by atoms with van der Waals surface area (Å²) < 4.78 is 6.97. The van der Waals surface area contributed by atoms with Crippen molar-refractivity contribution in [3.05, 3.63) is 35.8 Å². The van der Waals surface area contributed by atoms with Gasteiger partial charge in [-0.15, -0.1) is 0 Å². The zero-order valence-corrected chi connectivity index (χ0v) is 13.4. The number of nitrogens with one attached hydrogen (secondary N) is 1. The number of hydrogen-bond acceptors (Lipinski definition) is 4. The van der Waals surface area contributed by atoms with E-state index in [1.165, 1.54) is 0 Å². The van der Waals surface area contributed by atoms with E-state index in [0.29, 0.717) is 32.8 Å². The molecule has 3 amide bonds. The summed E-state index contributed by atoms with van der Waals surface area (Å²) in [6.07, 6.45) is 3.65. The lowest BCUT2D eigenvalue weighted by molar-refractivity contribution is 0.127. The van der Waals surface area contributed by atoms with Gasteiger partial charge in [0.25, 0.3) is 0 Å². The maximum atomic E-state index is 12.3. The molecule has 0 spiro atoms. The number of hydrogen-bond donors (Lipinski definition) is 1. The van der Waals surface area contributed by atoms with Crippen molar-refractivity contribution in [2.45, 2.75) is 19.5 Å². The summed E-state index contributed by atoms with van der Waals surface area (Å²) in [6, 6.07) is 3.80. The van der Waals surface area contributed by atoms with Crippen LogP contribution in [0.15, 0.2) is 24.5 Å². The van der Waals surface area contributed by atoms with Gasteiger partial charge in [0.1, 0.15) is 12.3 Å². The van der Waals surface area contributed by atoms with E-state index in [2.05, 4.69) is 10.3 Å². The van der Waals surface area contributed by atoms with Gasteiger partial charge in [-0.2, -0.15) is 0 Å². The van der Waals surface area contributed by atoms with Crippen LogP contribution >= 0.6 is 0 Å². The number of piperazine rings is 1. The van der Waals surface area contributed by atoms with Gasteiger partial charge < -0.3 is 19.4 Å². The van der Waals surface area contributed by atoms with Crippen molar-refractivity contribution in [2.75, 3.05) is 26.2 Å². The highest BCUT2D eigenvalue weighted by Crippen LogP contribution is 2.17. The number of urea groups is 1. The van der Waals surface area contributed by atoms with Gasteiger partial charge in [0.05, 0.1) is 18.3 Å². The van der Waals surface area contributed by atoms with Crippen LogP contribution in [0.5, 0.6) is 0 Å². The van der Waals surface area contributed by atoms with E-state index in [4.69, 9.17) is 4.74 Å². The SMILES string of the molecule is Cc1ccc2nc(CNC(=O)N3CCN4C(=O)OC[C@H]4C3)cn2c1. The monoisotopic (exact) mass is 329 g/mol. The Morgan fingerprint density at radius 1 is 1.38 bits per heavy atom. The molecule has 0 saturated carbocycles. The Morgan fingerprint density at radius 3 is 3.12 bits per heavy atom. The maximum absolute atomic E-state index is 12.3. The fourth-order valence-corrected chi connectivity index (χ4v) is 3.19. The molecule has 2 saturated heterocycles. The zero-order chi connectivity index (χ0) is 16.7. The normalized spacial score (nSPS) is 20.2. The Labute approximate surface area is 139 Å². The number of carbonyl (C=O) groups excluding carboxylic acids is 2. The summed E-state index contributed by atoms with van der Waals surface area (Å²) in [7, 11) is 0. The first-order valence-corrected chi connectivity index (χ1v) is 8.00. The molecule has 0 unspecified atom stereocenters. The number of rotatable bonds is 2. The fourth-order valence-electron chi connectivity index (χ4n) is 3.19. The van der Waals surface area contributed by atoms with Gasteiger partial charge in [-0.05, 0) is 18.6 Å². The van der Waals surface area contributed by atoms with E-state index in [9.17, 15) is 9.59 Å². The summed E-state index contributed by atoms with van der Waals surface area (Å²) in [5.74, 6) is 0. The molecule has 2 fully saturated rings. The average Bonchev–Trinajstić information content (AvgIpc) is 3.15. The fraction of sp³-hybridized carbons (Fsp3) is 0.438. The van der Waals surface area contributed by atoms with E-state index < -0.39 is 0 Å². The third-order valence-corrected chi connectivity index (χ3v) is 4.47. The molecule has 0 aliphatic carbocycles. The summed E-state index contributed by atoms with van der Waals surface area (Å²) in [4.78, 5) is 31.7. The Balaban J connectivity index is 1.36. The first-order valence-electron chi connectivity index (χ1n) is 8.00. The van der Waals surface area contributed by atoms with Crippen molar-refractivity contribution in [1.82, 2.24) is 24.5 Å². The molecule has 0 bridgehead atoms. The Morgan fingerprint density at radius 2 is 2.25 bits per heavy atom. The minimum atomic E-state index is -0.278. The zero-order valence-electron chi connectivity index (χ0n) is 13.4. The first-order chi connectivity index (χ1) is 11.6. The molecule has 1 atom stereocenters. The number of pyridine rings is 1. The van der Waals surface area contributed by atoms with Crippen LogP contribution in [0.3, 0.4) is 0 Å². The van der Waals surface area contributed by atoms with Crippen molar-refractivity contribution in [3.63, 3.8) is 0 Å². The molecule has 2 aliphatic rings. The molecule has 2 aromatic heterocycles. The molecule has 126 valence electrons. The lowest BCUT2D eigenvalue weighted by atomic mass is 10.2. The predicted molar refractivity (Wildman–Crippen MR) is 85.6 cm³/mol. The topological polar surface area (TPSA) is 79.2 Å². The van der Waals surface area contributed by atoms with Gasteiger partial charge in [-0.25, -0.2) is 14.6 Å². The highest BCUT2D eigenvalue weighted by Gasteiger charge is 2.38. The number of cyclic esters (lactones) is 1. The maximum Gasteiger partial charge on any atom is 0.410 e. The lowest BCUT2D eigenvalue weighted by Gasteiger charge is -2.35. The lowest BCUT2D eigenvalue weighted by Crippen LogP contribution is -2.55. The highest BCUT2D eigenvalue weighted by atomic mass is 16.6. The summed E-state index contributed by atoms with van der Waals surface area (Å²) in [5.41, 5.74) is 2.83. The summed E-state index contributed by atoms with van der Waals surface area (Å²) in [6.45, 7) is 4.29. The number of fused-ring (bicyclic) bond motifs is 2. The van der Waals surface area contributed by atoms with Crippen LogP contribution < -0.4 is 5.32 Å². The van der Waals surface area contributed by atoms with E-state index in [0.717, 1.165) is 16.9 Å². The quantitative estimate of drug-likeness (QED) is 0.891. The Bertz CT molecular complexity index is 802. The summed E-state index contributed by atoms with van der Waals surface area (Å²) >= 11 is 0. The second-order valence-corrected chi connectivity index (χ2v) is 6.23. The Kier molecular flexibility index (Phi) is 3.51. The first kappa shape index (κ1) is 14.8. The molecular weight excluding hydrogens is 310 g/mol. The van der Waals surface area contributed by atoms with Crippen molar-refractivity contribution in [2.24, 2.45) is 0 Å². The molecule has 8 nitrogen and oxygen atoms in total. The second kappa shape index (κ2) is 5.70. The van der Waals surface area contributed by atoms with Crippen LogP contribution in [0.25, 0.3) is 5.65 Å². The van der Waals surface area contributed by atoms with Crippen LogP contribution in [-0.2, 0) is 11.3 Å². The van der Waals surface area contributed by atoms with E-state index in [1.807, 2.05) is 35.9 Å². The van der Waals surface area contributed by atoms with Gasteiger partial charge in [0.2, 0.25) is 0 Å². The molecule has 4 rings (SSSR count). The molecule has 2 aliphatic heterocycles. The van der Waals surface area contributed by atoms with E-state index in [-0.39, 0.29) is 18.2 Å². The molecule has 4 heterocycles. The largest absolute Gasteiger partial charge is 0.447 e. The number of aromatic nitrogens is 2. The van der Waals surface area contributed by atoms with Crippen LogP contribution in [0.4, 0.5) is 9.59 Å². The smallest absolute Gasteiger partial charge is 0.410 e. The van der Waals surface area contributed by atoms with Gasteiger partial charge >= 0.3 is 12.1 Å². The van der Waals surface area contributed by atoms with Gasteiger partial charge in [-0.3, -0.25) is 4.90 Å². The second-order valence-electron chi connectivity index (χ2n) is 6.23. The van der Waals surface area contributed by atoms with E-state index in [1.54, 1.807) is 9.80 Å². The van der Waals surface area contributed by atoms with Gasteiger partial charge in [0.15, 0.2) is 0 Å². The van der Waals surface area contributed by atoms with Crippen molar-refractivity contribution < 1.29 is 14.3 Å². The minimum absolute atomic E-state index is 0.0323. The highest BCUT2D eigenvalue weighted by molar-refractivity contribution is 5.75. The molecule has 24 heavy (non-hydrogen) atoms. The summed E-state index contributed by atoms with van der Waals surface area (Å²) in [5, 5.41) is 2.90. The number of amides is 3. The standard InChI is InChI=1S/C16H19N5O3/c1-11-2-3-14-18-12(8-20(14)7-11)6-17-15(22)19-4-5-21-13(9-19)10-24-16(21)23/h2-3,7-8,13H,4-6,9-10H2,1H3,(H,17,22)/t13-/m1/s1. The molecule has 0 aromatic carbocycles. The van der Waals surface area contributed by atoms with Crippen molar-refractivity contribution in [3.8, 4) is 0 Å². The molecule has 0 radical (unpaired) electrons.